The maximum absolute atomic E-state index is 13.5. The van der Waals surface area contributed by atoms with Crippen LogP contribution in [-0.2, 0) is 6.54 Å². The summed E-state index contributed by atoms with van der Waals surface area (Å²) in [6, 6.07) is 5.97. The topological polar surface area (TPSA) is 86.0 Å². The molecule has 0 saturated heterocycles. The summed E-state index contributed by atoms with van der Waals surface area (Å²) >= 11 is 0. The van der Waals surface area contributed by atoms with E-state index in [-0.39, 0.29) is 11.7 Å². The Kier molecular flexibility index (Phi) is 4.68. The molecule has 2 N–H and O–H groups in total. The third-order valence-corrected chi connectivity index (χ3v) is 6.32. The van der Waals surface area contributed by atoms with Gasteiger partial charge in [0.25, 0.3) is 5.91 Å². The van der Waals surface area contributed by atoms with Gasteiger partial charge in [-0.05, 0) is 36.9 Å². The van der Waals surface area contributed by atoms with E-state index in [0.717, 1.165) is 36.4 Å². The first-order valence-electron chi connectivity index (χ1n) is 10.9. The maximum atomic E-state index is 13.5. The number of benzene rings is 1. The van der Waals surface area contributed by atoms with Gasteiger partial charge in [0.1, 0.15) is 13.6 Å². The Labute approximate surface area is 177 Å². The Morgan fingerprint density at radius 2 is 2.10 bits per heavy atom. The molecule has 3 heterocycles. The van der Waals surface area contributed by atoms with Gasteiger partial charge in [-0.1, -0.05) is 25.0 Å². The predicted octanol–water partition coefficient (Wildman–Crippen LogP) is 0.902. The normalized spacial score (nSPS) is 18.6. The summed E-state index contributed by atoms with van der Waals surface area (Å²) < 4.78 is 2.01. The van der Waals surface area contributed by atoms with Crippen molar-refractivity contribution in [3.63, 3.8) is 0 Å². The molecule has 0 bridgehead atoms. The van der Waals surface area contributed by atoms with Crippen molar-refractivity contribution in [3.05, 3.63) is 29.5 Å². The van der Waals surface area contributed by atoms with E-state index in [0.29, 0.717) is 43.1 Å². The van der Waals surface area contributed by atoms with Crippen LogP contribution in [0.1, 0.15) is 48.7 Å². The molecule has 1 fully saturated rings. The van der Waals surface area contributed by atoms with Gasteiger partial charge in [-0.15, -0.1) is 0 Å². The summed E-state index contributed by atoms with van der Waals surface area (Å²) in [5.41, 5.74) is 2.46. The summed E-state index contributed by atoms with van der Waals surface area (Å²) in [6.45, 7) is 4.48. The molecular formula is C21H27BN6O2. The number of anilines is 2. The molecule has 0 unspecified atom stereocenters. The minimum Gasteiger partial charge on any atom is -0.509 e. The number of carbonyl (C=O) groups excluding carboxylic acids is 1. The van der Waals surface area contributed by atoms with Gasteiger partial charge in [-0.25, -0.2) is 0 Å². The van der Waals surface area contributed by atoms with Gasteiger partial charge in [0.05, 0.1) is 13.1 Å². The van der Waals surface area contributed by atoms with Crippen LogP contribution >= 0.6 is 0 Å². The molecule has 8 nitrogen and oxygen atoms in total. The molecule has 30 heavy (non-hydrogen) atoms. The van der Waals surface area contributed by atoms with E-state index in [1.54, 1.807) is 11.0 Å². The lowest BCUT2D eigenvalue weighted by Crippen LogP contribution is -2.50. The van der Waals surface area contributed by atoms with Crippen LogP contribution in [0, 0.1) is 0 Å². The van der Waals surface area contributed by atoms with Crippen LogP contribution in [0.25, 0.3) is 0 Å². The van der Waals surface area contributed by atoms with Crippen molar-refractivity contribution < 1.29 is 9.90 Å². The quantitative estimate of drug-likeness (QED) is 0.721. The molecule has 0 spiro atoms. The monoisotopic (exact) mass is 406 g/mol. The molecule has 1 saturated carbocycles. The van der Waals surface area contributed by atoms with Crippen LogP contribution in [0.4, 0.5) is 11.8 Å². The van der Waals surface area contributed by atoms with Crippen LogP contribution in [0.2, 0.25) is 0 Å². The third kappa shape index (κ3) is 3.03. The van der Waals surface area contributed by atoms with Crippen molar-refractivity contribution in [2.45, 2.75) is 45.2 Å². The molecule has 1 aromatic heterocycles. The molecule has 0 radical (unpaired) electrons. The molecule has 2 aromatic rings. The number of hydrogen-bond donors (Lipinski definition) is 2. The summed E-state index contributed by atoms with van der Waals surface area (Å²) in [6.07, 6.45) is 4.70. The van der Waals surface area contributed by atoms with Crippen LogP contribution in [0.5, 0.6) is 5.75 Å². The number of hydrogen-bond acceptors (Lipinski definition) is 6. The maximum Gasteiger partial charge on any atom is 0.281 e. The fourth-order valence-corrected chi connectivity index (χ4v) is 4.73. The molecule has 1 aromatic carbocycles. The number of imidazole rings is 1. The van der Waals surface area contributed by atoms with Gasteiger partial charge in [0, 0.05) is 19.1 Å². The van der Waals surface area contributed by atoms with Crippen molar-refractivity contribution in [2.24, 2.45) is 4.99 Å². The van der Waals surface area contributed by atoms with Crippen molar-refractivity contribution in [1.29, 1.82) is 0 Å². The van der Waals surface area contributed by atoms with Crippen molar-refractivity contribution in [1.82, 2.24) is 14.5 Å². The van der Waals surface area contributed by atoms with E-state index < -0.39 is 0 Å². The van der Waals surface area contributed by atoms with E-state index in [4.69, 9.17) is 4.98 Å². The van der Waals surface area contributed by atoms with Crippen molar-refractivity contribution >= 4 is 36.9 Å². The largest absolute Gasteiger partial charge is 0.509 e. The lowest BCUT2D eigenvalue weighted by Gasteiger charge is -2.32. The molecule has 2 aliphatic heterocycles. The highest BCUT2D eigenvalue weighted by Gasteiger charge is 2.41. The highest BCUT2D eigenvalue weighted by Crippen LogP contribution is 2.34. The lowest BCUT2D eigenvalue weighted by atomic mass is 9.93. The molecule has 5 rings (SSSR count). The van der Waals surface area contributed by atoms with Crippen LogP contribution in [0.15, 0.2) is 23.2 Å². The average Bonchev–Trinajstić information content (AvgIpc) is 3.46. The standard InChI is InChI=1S/C21H27BN6O2/c1-2-26-19(30)17-18(27-10-9-23-21(26)27)25-20(24-14-5-3-4-6-14)28(17)12-13-7-8-16(29)15(22)11-13/h7-8,11,14,29H,2-6,9-10,12,22H2,1H3,(H,24,25). The zero-order valence-corrected chi connectivity index (χ0v) is 17.6. The van der Waals surface area contributed by atoms with E-state index in [9.17, 15) is 9.90 Å². The summed E-state index contributed by atoms with van der Waals surface area (Å²) in [5, 5.41) is 13.5. The van der Waals surface area contributed by atoms with Gasteiger partial charge in [-0.2, -0.15) is 4.98 Å². The second-order valence-electron chi connectivity index (χ2n) is 8.32. The second-order valence-corrected chi connectivity index (χ2v) is 8.32. The summed E-state index contributed by atoms with van der Waals surface area (Å²) in [5.74, 6) is 2.40. The van der Waals surface area contributed by atoms with Crippen LogP contribution in [0.3, 0.4) is 0 Å². The lowest BCUT2D eigenvalue weighted by molar-refractivity contribution is 0.0836. The highest BCUT2D eigenvalue weighted by atomic mass is 16.3. The number of nitrogens with zero attached hydrogens (tertiary/aromatic N) is 5. The number of rotatable bonds is 5. The molecule has 156 valence electrons. The number of amides is 1. The number of nitrogens with one attached hydrogen (secondary N) is 1. The number of aromatic nitrogens is 2. The smallest absolute Gasteiger partial charge is 0.281 e. The molecule has 3 aliphatic rings. The van der Waals surface area contributed by atoms with Crippen LogP contribution < -0.4 is 15.7 Å². The summed E-state index contributed by atoms with van der Waals surface area (Å²) in [4.78, 5) is 26.7. The molecular weight excluding hydrogens is 379 g/mol. The van der Waals surface area contributed by atoms with Gasteiger partial charge in [0.2, 0.25) is 11.9 Å². The van der Waals surface area contributed by atoms with Crippen LogP contribution in [-0.4, -0.2) is 64.9 Å². The first-order valence-corrected chi connectivity index (χ1v) is 10.9. The zero-order valence-electron chi connectivity index (χ0n) is 17.6. The number of carbonyl (C=O) groups is 1. The summed E-state index contributed by atoms with van der Waals surface area (Å²) in [7, 11) is 1.89. The van der Waals surface area contributed by atoms with Crippen molar-refractivity contribution in [3.8, 4) is 5.75 Å². The Hall–Kier alpha value is -2.97. The van der Waals surface area contributed by atoms with Crippen molar-refractivity contribution in [2.75, 3.05) is 29.9 Å². The minimum atomic E-state index is -0.0492. The number of aromatic hydroxyl groups is 1. The predicted molar refractivity (Wildman–Crippen MR) is 120 cm³/mol. The van der Waals surface area contributed by atoms with Gasteiger partial charge < -0.3 is 10.4 Å². The molecule has 0 atom stereocenters. The Morgan fingerprint density at radius 1 is 1.30 bits per heavy atom. The number of phenolic OH excluding ortho intramolecular Hbond substituents is 1. The number of phenols is 1. The Bertz CT molecular complexity index is 1030. The number of aliphatic imine (C=N–C) groups is 1. The fourth-order valence-electron chi connectivity index (χ4n) is 4.73. The Balaban J connectivity index is 1.60. The van der Waals surface area contributed by atoms with Gasteiger partial charge in [0.15, 0.2) is 11.5 Å². The van der Waals surface area contributed by atoms with E-state index in [1.807, 2.05) is 31.5 Å². The van der Waals surface area contributed by atoms with E-state index in [1.165, 1.54) is 12.8 Å². The number of guanidine groups is 1. The average molecular weight is 406 g/mol. The zero-order chi connectivity index (χ0) is 20.8. The first-order chi connectivity index (χ1) is 14.6. The Morgan fingerprint density at radius 3 is 2.83 bits per heavy atom. The third-order valence-electron chi connectivity index (χ3n) is 6.32. The minimum absolute atomic E-state index is 0.0492. The number of fused-ring (bicyclic) bond motifs is 3. The molecule has 1 amide bonds. The first kappa shape index (κ1) is 19.0. The highest BCUT2D eigenvalue weighted by molar-refractivity contribution is 6.34. The van der Waals surface area contributed by atoms with Gasteiger partial charge >= 0.3 is 0 Å². The van der Waals surface area contributed by atoms with Gasteiger partial charge in [-0.3, -0.25) is 24.2 Å². The molecule has 1 aliphatic carbocycles. The van der Waals surface area contributed by atoms with E-state index >= 15 is 0 Å². The second kappa shape index (κ2) is 7.38. The fraction of sp³-hybridized carbons (Fsp3) is 0.476. The van der Waals surface area contributed by atoms with E-state index in [2.05, 4.69) is 15.2 Å². The SMILES string of the molecule is Bc1cc(Cn2c(NC3CCCC3)nc3c2C(=O)N(CC)C2=NCCN23)ccc1O. The molecule has 9 heteroatoms.